The molecule has 104 valence electrons. The zero-order chi connectivity index (χ0) is 14.6. The van der Waals surface area contributed by atoms with Crippen LogP contribution in [0.3, 0.4) is 0 Å². The van der Waals surface area contributed by atoms with Crippen LogP contribution in [-0.4, -0.2) is 36.6 Å². The zero-order valence-corrected chi connectivity index (χ0v) is 12.7. The van der Waals surface area contributed by atoms with Crippen LogP contribution in [0.4, 0.5) is 5.69 Å². The Hall–Kier alpha value is -1.56. The maximum atomic E-state index is 11.6. The molecule has 0 aliphatic rings. The Bertz CT molecular complexity index is 489. The Morgan fingerprint density at radius 2 is 2.05 bits per heavy atom. The number of rotatable bonds is 5. The summed E-state index contributed by atoms with van der Waals surface area (Å²) >= 11 is 3.21. The van der Waals surface area contributed by atoms with E-state index in [0.717, 1.165) is 5.69 Å². The molecule has 1 rings (SSSR count). The van der Waals surface area contributed by atoms with E-state index in [-0.39, 0.29) is 24.1 Å². The number of amides is 1. The van der Waals surface area contributed by atoms with Crippen molar-refractivity contribution in [1.29, 1.82) is 0 Å². The van der Waals surface area contributed by atoms with E-state index in [1.54, 1.807) is 24.1 Å². The van der Waals surface area contributed by atoms with Crippen molar-refractivity contribution >= 4 is 33.5 Å². The van der Waals surface area contributed by atoms with Gasteiger partial charge >= 0.3 is 5.97 Å². The summed E-state index contributed by atoms with van der Waals surface area (Å²) in [5.74, 6) is -1.06. The predicted molar refractivity (Wildman–Crippen MR) is 77.7 cm³/mol. The zero-order valence-electron chi connectivity index (χ0n) is 11.1. The molecule has 19 heavy (non-hydrogen) atoms. The van der Waals surface area contributed by atoms with E-state index < -0.39 is 5.97 Å². The maximum Gasteiger partial charge on any atom is 0.336 e. The molecular formula is C13H17BrN2O3. The van der Waals surface area contributed by atoms with Crippen LogP contribution < -0.4 is 10.2 Å². The number of nitrogens with zero attached hydrogens (tertiary/aromatic N) is 1. The summed E-state index contributed by atoms with van der Waals surface area (Å²) in [6.07, 6.45) is 0. The molecule has 0 aliphatic carbocycles. The number of halogens is 1. The summed E-state index contributed by atoms with van der Waals surface area (Å²) in [6.45, 7) is 4.02. The molecule has 0 unspecified atom stereocenters. The van der Waals surface area contributed by atoms with Crippen molar-refractivity contribution in [2.24, 2.45) is 0 Å². The van der Waals surface area contributed by atoms with Crippen LogP contribution in [0.2, 0.25) is 0 Å². The molecule has 0 bridgehead atoms. The van der Waals surface area contributed by atoms with Crippen LogP contribution in [0.1, 0.15) is 24.2 Å². The third kappa shape index (κ3) is 4.55. The molecule has 0 aliphatic heterocycles. The van der Waals surface area contributed by atoms with Gasteiger partial charge in [0.15, 0.2) is 0 Å². The summed E-state index contributed by atoms with van der Waals surface area (Å²) < 4.78 is 0.494. The van der Waals surface area contributed by atoms with E-state index in [9.17, 15) is 9.59 Å². The number of benzene rings is 1. The molecule has 6 heteroatoms. The second-order valence-corrected chi connectivity index (χ2v) is 5.40. The van der Waals surface area contributed by atoms with Crippen molar-refractivity contribution in [2.75, 3.05) is 18.5 Å². The average molecular weight is 329 g/mol. The predicted octanol–water partition coefficient (Wildman–Crippen LogP) is 2.11. The maximum absolute atomic E-state index is 11.6. The van der Waals surface area contributed by atoms with Gasteiger partial charge in [-0.3, -0.25) is 4.79 Å². The number of hydrogen-bond acceptors (Lipinski definition) is 3. The highest BCUT2D eigenvalue weighted by atomic mass is 79.9. The first kappa shape index (κ1) is 15.5. The number of likely N-dealkylation sites (N-methyl/N-ethyl adjacent to an activating group) is 1. The minimum absolute atomic E-state index is 0.0732. The van der Waals surface area contributed by atoms with E-state index in [1.165, 1.54) is 6.07 Å². The lowest BCUT2D eigenvalue weighted by Gasteiger charge is -2.20. The standard InChI is InChI=1S/C13H17BrN2O3/c1-8(2)15-12(17)7-16(3)9-4-5-10(13(18)19)11(14)6-9/h4-6,8H,7H2,1-3H3,(H,15,17)(H,18,19). The van der Waals surface area contributed by atoms with E-state index in [1.807, 2.05) is 13.8 Å². The number of carboxylic acids is 1. The number of aromatic carboxylic acids is 1. The molecule has 0 radical (unpaired) electrons. The molecule has 0 fully saturated rings. The molecular weight excluding hydrogens is 312 g/mol. The highest BCUT2D eigenvalue weighted by Crippen LogP contribution is 2.23. The molecule has 0 saturated carbocycles. The summed E-state index contributed by atoms with van der Waals surface area (Å²) in [6, 6.07) is 4.98. The third-order valence-electron chi connectivity index (χ3n) is 2.45. The normalized spacial score (nSPS) is 10.4. The topological polar surface area (TPSA) is 69.6 Å². The Morgan fingerprint density at radius 3 is 2.53 bits per heavy atom. The molecule has 1 aromatic carbocycles. The SMILES string of the molecule is CC(C)NC(=O)CN(C)c1ccc(C(=O)O)c(Br)c1. The smallest absolute Gasteiger partial charge is 0.336 e. The summed E-state index contributed by atoms with van der Waals surface area (Å²) in [7, 11) is 1.78. The van der Waals surface area contributed by atoms with Gasteiger partial charge in [0.1, 0.15) is 0 Å². The summed E-state index contributed by atoms with van der Waals surface area (Å²) in [5.41, 5.74) is 0.972. The summed E-state index contributed by atoms with van der Waals surface area (Å²) in [5, 5.41) is 11.7. The number of hydrogen-bond donors (Lipinski definition) is 2. The second kappa shape index (κ2) is 6.56. The van der Waals surface area contributed by atoms with Gasteiger partial charge < -0.3 is 15.3 Å². The molecule has 0 heterocycles. The van der Waals surface area contributed by atoms with Crippen molar-refractivity contribution in [3.05, 3.63) is 28.2 Å². The number of anilines is 1. The van der Waals surface area contributed by atoms with Gasteiger partial charge in [0.25, 0.3) is 0 Å². The molecule has 1 aromatic rings. The Kier molecular flexibility index (Phi) is 5.35. The lowest BCUT2D eigenvalue weighted by Crippen LogP contribution is -2.38. The summed E-state index contributed by atoms with van der Waals surface area (Å²) in [4.78, 5) is 24.3. The van der Waals surface area contributed by atoms with Gasteiger partial charge in [0, 0.05) is 23.2 Å². The minimum Gasteiger partial charge on any atom is -0.478 e. The Balaban J connectivity index is 2.78. The second-order valence-electron chi connectivity index (χ2n) is 4.55. The number of carbonyl (C=O) groups is 2. The van der Waals surface area contributed by atoms with Crippen LogP contribution in [0.25, 0.3) is 0 Å². The lowest BCUT2D eigenvalue weighted by molar-refractivity contribution is -0.120. The number of carboxylic acid groups (broad SMARTS) is 1. The van der Waals surface area contributed by atoms with Crippen molar-refractivity contribution in [3.8, 4) is 0 Å². The van der Waals surface area contributed by atoms with E-state index in [2.05, 4.69) is 21.2 Å². The first-order chi connectivity index (χ1) is 8.81. The van der Waals surface area contributed by atoms with Crippen LogP contribution in [0.15, 0.2) is 22.7 Å². The molecule has 0 aromatic heterocycles. The van der Waals surface area contributed by atoms with E-state index in [4.69, 9.17) is 5.11 Å². The largest absolute Gasteiger partial charge is 0.478 e. The van der Waals surface area contributed by atoms with Crippen LogP contribution >= 0.6 is 15.9 Å². The highest BCUT2D eigenvalue weighted by molar-refractivity contribution is 9.10. The molecule has 0 spiro atoms. The first-order valence-corrected chi connectivity index (χ1v) is 6.64. The van der Waals surface area contributed by atoms with Crippen LogP contribution in [0, 0.1) is 0 Å². The molecule has 0 atom stereocenters. The van der Waals surface area contributed by atoms with Crippen molar-refractivity contribution in [3.63, 3.8) is 0 Å². The molecule has 2 N–H and O–H groups in total. The van der Waals surface area contributed by atoms with E-state index >= 15 is 0 Å². The van der Waals surface area contributed by atoms with Gasteiger partial charge in [-0.05, 0) is 48.0 Å². The van der Waals surface area contributed by atoms with Gasteiger partial charge in [0.2, 0.25) is 5.91 Å². The fraction of sp³-hybridized carbons (Fsp3) is 0.385. The monoisotopic (exact) mass is 328 g/mol. The van der Waals surface area contributed by atoms with Crippen LogP contribution in [0.5, 0.6) is 0 Å². The molecule has 5 nitrogen and oxygen atoms in total. The van der Waals surface area contributed by atoms with Gasteiger partial charge in [-0.2, -0.15) is 0 Å². The quantitative estimate of drug-likeness (QED) is 0.868. The van der Waals surface area contributed by atoms with Gasteiger partial charge in [-0.1, -0.05) is 0 Å². The molecule has 1 amide bonds. The number of nitrogens with one attached hydrogen (secondary N) is 1. The average Bonchev–Trinajstić information content (AvgIpc) is 2.26. The highest BCUT2D eigenvalue weighted by Gasteiger charge is 2.12. The Labute approximate surface area is 120 Å². The van der Waals surface area contributed by atoms with Crippen molar-refractivity contribution in [2.45, 2.75) is 19.9 Å². The minimum atomic E-state index is -0.987. The third-order valence-corrected chi connectivity index (χ3v) is 3.11. The number of carbonyl (C=O) groups excluding carboxylic acids is 1. The van der Waals surface area contributed by atoms with Crippen molar-refractivity contribution in [1.82, 2.24) is 5.32 Å². The van der Waals surface area contributed by atoms with Gasteiger partial charge in [0.05, 0.1) is 12.1 Å². The fourth-order valence-corrected chi connectivity index (χ4v) is 2.13. The molecule has 0 saturated heterocycles. The fourth-order valence-electron chi connectivity index (χ4n) is 1.59. The van der Waals surface area contributed by atoms with Crippen LogP contribution in [-0.2, 0) is 4.79 Å². The van der Waals surface area contributed by atoms with Gasteiger partial charge in [-0.15, -0.1) is 0 Å². The van der Waals surface area contributed by atoms with E-state index in [0.29, 0.717) is 4.47 Å². The lowest BCUT2D eigenvalue weighted by atomic mass is 10.2. The first-order valence-electron chi connectivity index (χ1n) is 5.84. The van der Waals surface area contributed by atoms with Crippen molar-refractivity contribution < 1.29 is 14.7 Å². The Morgan fingerprint density at radius 1 is 1.42 bits per heavy atom. The van der Waals surface area contributed by atoms with Gasteiger partial charge in [-0.25, -0.2) is 4.79 Å².